The molecule has 1 fully saturated rings. The van der Waals surface area contributed by atoms with Crippen LogP contribution in [0.2, 0.25) is 0 Å². The Kier molecular flexibility index (Phi) is 8.12. The zero-order valence-electron chi connectivity index (χ0n) is 21.0. The van der Waals surface area contributed by atoms with E-state index in [1.807, 2.05) is 13.8 Å². The van der Waals surface area contributed by atoms with Crippen LogP contribution in [0.3, 0.4) is 0 Å². The Morgan fingerprint density at radius 2 is 1.89 bits per heavy atom. The van der Waals surface area contributed by atoms with Gasteiger partial charge in [-0.3, -0.25) is 14.5 Å². The minimum absolute atomic E-state index is 0.0434. The van der Waals surface area contributed by atoms with Crippen LogP contribution in [0.1, 0.15) is 73.8 Å². The summed E-state index contributed by atoms with van der Waals surface area (Å²) in [5.41, 5.74) is -2.46. The van der Waals surface area contributed by atoms with Crippen molar-refractivity contribution >= 4 is 17.8 Å². The highest BCUT2D eigenvalue weighted by Gasteiger charge is 2.39. The molecule has 0 saturated heterocycles. The molecule has 2 heterocycles. The van der Waals surface area contributed by atoms with Gasteiger partial charge in [-0.15, -0.1) is 0 Å². The van der Waals surface area contributed by atoms with Crippen molar-refractivity contribution in [2.75, 3.05) is 18.0 Å². The zero-order chi connectivity index (χ0) is 27.4. The van der Waals surface area contributed by atoms with Crippen molar-refractivity contribution < 1.29 is 31.7 Å². The molecule has 0 bridgehead atoms. The van der Waals surface area contributed by atoms with Gasteiger partial charge in [0.25, 0.3) is 11.9 Å². The van der Waals surface area contributed by atoms with Crippen molar-refractivity contribution in [3.8, 4) is 5.69 Å². The predicted octanol–water partition coefficient (Wildman–Crippen LogP) is 4.88. The molecule has 1 saturated carbocycles. The van der Waals surface area contributed by atoms with Crippen LogP contribution in [0.5, 0.6) is 0 Å². The first-order valence-corrected chi connectivity index (χ1v) is 12.4. The molecule has 13 heteroatoms. The van der Waals surface area contributed by atoms with E-state index in [0.717, 1.165) is 31.5 Å². The number of carbonyl (C=O) groups excluding carboxylic acids is 2. The quantitative estimate of drug-likeness (QED) is 0.412. The van der Waals surface area contributed by atoms with Crippen molar-refractivity contribution in [3.63, 3.8) is 0 Å². The lowest BCUT2D eigenvalue weighted by molar-refractivity contribution is -0.141. The third kappa shape index (κ3) is 6.03. The summed E-state index contributed by atoms with van der Waals surface area (Å²) in [5, 5.41) is 9.75. The van der Waals surface area contributed by atoms with Crippen LogP contribution < -0.4 is 10.2 Å². The van der Waals surface area contributed by atoms with Gasteiger partial charge in [0.05, 0.1) is 5.56 Å². The molecule has 0 atom stereocenters. The summed E-state index contributed by atoms with van der Waals surface area (Å²) in [6, 6.07) is 5.14. The fourth-order valence-corrected chi connectivity index (χ4v) is 4.34. The van der Waals surface area contributed by atoms with Crippen molar-refractivity contribution in [3.05, 3.63) is 53.4 Å². The van der Waals surface area contributed by atoms with Crippen molar-refractivity contribution in [1.29, 1.82) is 0 Å². The Bertz CT molecular complexity index is 1280. The van der Waals surface area contributed by atoms with E-state index < -0.39 is 29.2 Å². The normalized spacial score (nSPS) is 14.6. The van der Waals surface area contributed by atoms with Gasteiger partial charge in [0.15, 0.2) is 5.69 Å². The highest BCUT2D eigenvalue weighted by Crippen LogP contribution is 2.32. The molecule has 1 N–H and O–H groups in total. The van der Waals surface area contributed by atoms with Crippen LogP contribution >= 0.6 is 0 Å². The first-order valence-electron chi connectivity index (χ1n) is 12.4. The van der Waals surface area contributed by atoms with E-state index in [-0.39, 0.29) is 42.5 Å². The molecule has 1 aliphatic rings. The van der Waals surface area contributed by atoms with Gasteiger partial charge in [-0.25, -0.2) is 9.07 Å². The topological polar surface area (TPSA) is 106 Å². The third-order valence-electron chi connectivity index (χ3n) is 6.33. The van der Waals surface area contributed by atoms with Gasteiger partial charge >= 0.3 is 6.18 Å². The second-order valence-corrected chi connectivity index (χ2v) is 9.45. The second kappa shape index (κ2) is 11.3. The molecule has 0 unspecified atom stereocenters. The third-order valence-corrected chi connectivity index (χ3v) is 6.33. The Labute approximate surface area is 216 Å². The van der Waals surface area contributed by atoms with E-state index in [9.17, 15) is 27.2 Å². The lowest BCUT2D eigenvalue weighted by Crippen LogP contribution is -2.43. The Hall–Kier alpha value is -3.77. The van der Waals surface area contributed by atoms with E-state index >= 15 is 0 Å². The number of para-hydroxylation sites is 1. The van der Waals surface area contributed by atoms with E-state index in [0.29, 0.717) is 23.4 Å². The van der Waals surface area contributed by atoms with Crippen molar-refractivity contribution in [1.82, 2.24) is 25.2 Å². The van der Waals surface area contributed by atoms with E-state index in [4.69, 9.17) is 4.52 Å². The number of anilines is 1. The van der Waals surface area contributed by atoms with Crippen LogP contribution in [-0.2, 0) is 11.0 Å². The molecule has 204 valence electrons. The van der Waals surface area contributed by atoms with Gasteiger partial charge in [-0.2, -0.15) is 23.3 Å². The molecular formula is C25H28F4N6O3. The highest BCUT2D eigenvalue weighted by atomic mass is 19.4. The molecule has 4 rings (SSSR count). The Balaban J connectivity index is 1.53. The lowest BCUT2D eigenvalue weighted by atomic mass is 9.88. The molecule has 38 heavy (non-hydrogen) atoms. The Morgan fingerprint density at radius 3 is 2.53 bits per heavy atom. The number of hydrogen-bond acceptors (Lipinski definition) is 6. The molecule has 0 aliphatic heterocycles. The molecule has 2 aromatic heterocycles. The van der Waals surface area contributed by atoms with Gasteiger partial charge in [0.2, 0.25) is 11.8 Å². The monoisotopic (exact) mass is 536 g/mol. The number of benzene rings is 1. The summed E-state index contributed by atoms with van der Waals surface area (Å²) >= 11 is 0. The van der Waals surface area contributed by atoms with E-state index in [1.165, 1.54) is 23.1 Å². The Morgan fingerprint density at radius 1 is 1.18 bits per heavy atom. The first-order chi connectivity index (χ1) is 18.1. The van der Waals surface area contributed by atoms with Crippen LogP contribution in [0.15, 0.2) is 35.0 Å². The fraction of sp³-hybridized carbons (Fsp3) is 0.480. The molecule has 0 radical (unpaired) electrons. The average molecular weight is 537 g/mol. The number of aromatic nitrogens is 4. The SMILES string of the molecule is CC(C)c1nc(N(CCNC(=O)c2cn(-c3ccccc3F)nc2C(F)(F)F)C(=O)C2CCCCC2)no1. The summed E-state index contributed by atoms with van der Waals surface area (Å²) in [5.74, 6) is -2.03. The maximum Gasteiger partial charge on any atom is 0.435 e. The highest BCUT2D eigenvalue weighted by molar-refractivity contribution is 5.96. The summed E-state index contributed by atoms with van der Waals surface area (Å²) in [7, 11) is 0. The molecule has 3 aromatic rings. The first kappa shape index (κ1) is 27.3. The molecule has 9 nitrogen and oxygen atoms in total. The second-order valence-electron chi connectivity index (χ2n) is 9.45. The number of rotatable bonds is 8. The zero-order valence-corrected chi connectivity index (χ0v) is 21.0. The van der Waals surface area contributed by atoms with Gasteiger partial charge in [-0.1, -0.05) is 45.2 Å². The van der Waals surface area contributed by atoms with Gasteiger partial charge in [0.1, 0.15) is 11.5 Å². The summed E-state index contributed by atoms with van der Waals surface area (Å²) < 4.78 is 61.0. The lowest BCUT2D eigenvalue weighted by Gasteiger charge is -2.27. The average Bonchev–Trinajstić information content (AvgIpc) is 3.55. The standard InChI is InChI=1S/C25H28F4N6O3/c1-15(2)22-31-24(33-38-22)34(23(37)16-8-4-3-5-9-16)13-12-30-21(36)17-14-35(32-20(17)25(27,28)29)19-11-7-6-10-18(19)26/h6-7,10-11,14-16H,3-5,8-9,12-13H2,1-2H3,(H,30,36). The number of halogens is 4. The summed E-state index contributed by atoms with van der Waals surface area (Å²) in [6.45, 7) is 3.43. The maximum atomic E-state index is 14.1. The predicted molar refractivity (Wildman–Crippen MR) is 128 cm³/mol. The maximum absolute atomic E-state index is 14.1. The molecular weight excluding hydrogens is 508 g/mol. The van der Waals surface area contributed by atoms with Gasteiger partial charge in [0, 0.05) is 31.1 Å². The number of carbonyl (C=O) groups is 2. The fourth-order valence-electron chi connectivity index (χ4n) is 4.34. The van der Waals surface area contributed by atoms with E-state index in [1.54, 1.807) is 0 Å². The largest absolute Gasteiger partial charge is 0.435 e. The van der Waals surface area contributed by atoms with Crippen molar-refractivity contribution in [2.24, 2.45) is 5.92 Å². The van der Waals surface area contributed by atoms with Crippen LogP contribution in [-0.4, -0.2) is 44.8 Å². The summed E-state index contributed by atoms with van der Waals surface area (Å²) in [6.07, 6.45) is 0.163. The minimum atomic E-state index is -4.95. The molecule has 1 aliphatic carbocycles. The minimum Gasteiger partial charge on any atom is -0.350 e. The van der Waals surface area contributed by atoms with Crippen LogP contribution in [0.4, 0.5) is 23.5 Å². The molecule has 0 spiro atoms. The van der Waals surface area contributed by atoms with Gasteiger partial charge < -0.3 is 9.84 Å². The molecule has 1 aromatic carbocycles. The number of alkyl halides is 3. The van der Waals surface area contributed by atoms with Crippen LogP contribution in [0, 0.1) is 11.7 Å². The van der Waals surface area contributed by atoms with E-state index in [2.05, 4.69) is 20.6 Å². The molecule has 2 amide bonds. The number of hydrogen-bond donors (Lipinski definition) is 1. The van der Waals surface area contributed by atoms with Crippen molar-refractivity contribution in [2.45, 2.75) is 58.0 Å². The van der Waals surface area contributed by atoms with Crippen LogP contribution in [0.25, 0.3) is 5.69 Å². The number of nitrogens with zero attached hydrogens (tertiary/aromatic N) is 5. The number of nitrogens with one attached hydrogen (secondary N) is 1. The number of amides is 2. The van der Waals surface area contributed by atoms with Gasteiger partial charge in [-0.05, 0) is 30.1 Å². The summed E-state index contributed by atoms with van der Waals surface area (Å²) in [4.78, 5) is 31.7. The smallest absolute Gasteiger partial charge is 0.350 e.